The van der Waals surface area contributed by atoms with Gasteiger partial charge in [-0.3, -0.25) is 0 Å². The van der Waals surface area contributed by atoms with Crippen LogP contribution in [0.25, 0.3) is 0 Å². The van der Waals surface area contributed by atoms with Crippen LogP contribution >= 0.6 is 0 Å². The van der Waals surface area contributed by atoms with E-state index in [2.05, 4.69) is 38.6 Å². The van der Waals surface area contributed by atoms with Crippen LogP contribution < -0.4 is 0 Å². The van der Waals surface area contributed by atoms with Crippen molar-refractivity contribution >= 4 is 11.5 Å². The van der Waals surface area contributed by atoms with Gasteiger partial charge in [0.05, 0.1) is 42.5 Å². The standard InChI is InChI=1S/C18H20N6/c1-3-14(6-4-5-13(2)10-19)16-9-18(23-22-16)24-8-7-15-17(11-24)21-12-20-15/h4-6,12H,2-3,7-9,11H2,1H3,(H,20,21)/b5-4-,14-6+. The molecule has 0 aromatic carbocycles. The van der Waals surface area contributed by atoms with E-state index >= 15 is 0 Å². The molecule has 0 radical (unpaired) electrons. The van der Waals surface area contributed by atoms with Crippen molar-refractivity contribution in [2.75, 3.05) is 6.54 Å². The maximum atomic E-state index is 8.73. The summed E-state index contributed by atoms with van der Waals surface area (Å²) in [7, 11) is 0. The molecule has 3 rings (SSSR count). The first kappa shape index (κ1) is 15.9. The minimum absolute atomic E-state index is 0.440. The van der Waals surface area contributed by atoms with Crippen LogP contribution in [0.1, 0.15) is 31.2 Å². The van der Waals surface area contributed by atoms with Crippen molar-refractivity contribution in [3.05, 3.63) is 53.7 Å². The van der Waals surface area contributed by atoms with Gasteiger partial charge in [0.15, 0.2) is 0 Å². The molecule has 1 aromatic rings. The summed E-state index contributed by atoms with van der Waals surface area (Å²) >= 11 is 0. The summed E-state index contributed by atoms with van der Waals surface area (Å²) in [4.78, 5) is 9.79. The molecule has 122 valence electrons. The number of H-pyrrole nitrogens is 1. The van der Waals surface area contributed by atoms with Gasteiger partial charge in [0.25, 0.3) is 0 Å². The number of allylic oxidation sites excluding steroid dienone is 5. The highest BCUT2D eigenvalue weighted by molar-refractivity contribution is 6.14. The fraction of sp³-hybridized carbons (Fsp3) is 0.333. The van der Waals surface area contributed by atoms with E-state index in [-0.39, 0.29) is 0 Å². The number of hydrogen-bond donors (Lipinski definition) is 1. The normalized spacial score (nSPS) is 17.5. The number of nitriles is 1. The molecule has 1 N–H and O–H groups in total. The Hall–Kier alpha value is -2.94. The average molecular weight is 320 g/mol. The van der Waals surface area contributed by atoms with E-state index in [4.69, 9.17) is 5.26 Å². The minimum Gasteiger partial charge on any atom is -0.352 e. The highest BCUT2D eigenvalue weighted by Crippen LogP contribution is 2.21. The van der Waals surface area contributed by atoms with Gasteiger partial charge in [0.1, 0.15) is 5.84 Å². The molecule has 24 heavy (non-hydrogen) atoms. The van der Waals surface area contributed by atoms with E-state index in [1.807, 2.05) is 18.2 Å². The van der Waals surface area contributed by atoms with Gasteiger partial charge in [-0.2, -0.15) is 10.4 Å². The number of fused-ring (bicyclic) bond motifs is 1. The van der Waals surface area contributed by atoms with Crippen LogP contribution in [0.4, 0.5) is 0 Å². The van der Waals surface area contributed by atoms with Crippen molar-refractivity contribution < 1.29 is 0 Å². The van der Waals surface area contributed by atoms with Crippen molar-refractivity contribution in [2.45, 2.75) is 32.7 Å². The first-order valence-corrected chi connectivity index (χ1v) is 8.07. The zero-order valence-corrected chi connectivity index (χ0v) is 13.8. The molecule has 3 heterocycles. The van der Waals surface area contributed by atoms with Gasteiger partial charge in [-0.1, -0.05) is 25.7 Å². The number of aromatic amines is 1. The van der Waals surface area contributed by atoms with Crippen molar-refractivity contribution in [1.82, 2.24) is 14.9 Å². The van der Waals surface area contributed by atoms with Crippen LogP contribution in [0, 0.1) is 11.3 Å². The number of imidazole rings is 1. The summed E-state index contributed by atoms with van der Waals surface area (Å²) in [5.41, 5.74) is 4.89. The Bertz CT molecular complexity index is 800. The number of rotatable bonds is 4. The summed E-state index contributed by atoms with van der Waals surface area (Å²) < 4.78 is 0. The van der Waals surface area contributed by atoms with Gasteiger partial charge < -0.3 is 9.88 Å². The van der Waals surface area contributed by atoms with Crippen molar-refractivity contribution in [3.63, 3.8) is 0 Å². The Morgan fingerprint density at radius 1 is 1.50 bits per heavy atom. The number of nitrogens with zero attached hydrogens (tertiary/aromatic N) is 5. The Morgan fingerprint density at radius 2 is 2.38 bits per heavy atom. The molecule has 0 bridgehead atoms. The molecular weight excluding hydrogens is 300 g/mol. The van der Waals surface area contributed by atoms with Crippen molar-refractivity contribution in [2.24, 2.45) is 10.2 Å². The lowest BCUT2D eigenvalue weighted by atomic mass is 10.0. The van der Waals surface area contributed by atoms with Gasteiger partial charge >= 0.3 is 0 Å². The summed E-state index contributed by atoms with van der Waals surface area (Å²) in [6, 6.07) is 2.00. The Morgan fingerprint density at radius 3 is 3.17 bits per heavy atom. The second-order valence-corrected chi connectivity index (χ2v) is 5.78. The molecule has 0 saturated heterocycles. The van der Waals surface area contributed by atoms with E-state index in [0.29, 0.717) is 5.57 Å². The highest BCUT2D eigenvalue weighted by Gasteiger charge is 2.25. The molecule has 2 aliphatic rings. The molecular formula is C18H20N6. The quantitative estimate of drug-likeness (QED) is 0.684. The van der Waals surface area contributed by atoms with Crippen LogP contribution in [0.5, 0.6) is 0 Å². The molecule has 0 aliphatic carbocycles. The molecule has 0 spiro atoms. The van der Waals surface area contributed by atoms with E-state index in [9.17, 15) is 0 Å². The van der Waals surface area contributed by atoms with Gasteiger partial charge in [0, 0.05) is 18.5 Å². The maximum absolute atomic E-state index is 8.73. The molecule has 0 fully saturated rings. The number of hydrogen-bond acceptors (Lipinski definition) is 5. The summed E-state index contributed by atoms with van der Waals surface area (Å²) in [5.74, 6) is 1.01. The van der Waals surface area contributed by atoms with Gasteiger partial charge in [-0.05, 0) is 18.1 Å². The van der Waals surface area contributed by atoms with Crippen LogP contribution in [0.15, 0.2) is 52.5 Å². The van der Waals surface area contributed by atoms with Crippen LogP contribution in [0.3, 0.4) is 0 Å². The molecule has 0 atom stereocenters. The molecule has 6 nitrogen and oxygen atoms in total. The predicted molar refractivity (Wildman–Crippen MR) is 94.5 cm³/mol. The molecule has 6 heteroatoms. The van der Waals surface area contributed by atoms with Crippen LogP contribution in [-0.2, 0) is 13.0 Å². The second kappa shape index (κ2) is 7.09. The minimum atomic E-state index is 0.440. The van der Waals surface area contributed by atoms with Gasteiger partial charge in [-0.25, -0.2) is 4.98 Å². The Labute approximate surface area is 141 Å². The first-order valence-electron chi connectivity index (χ1n) is 8.07. The number of amidine groups is 1. The molecule has 0 amide bonds. The van der Waals surface area contributed by atoms with E-state index < -0.39 is 0 Å². The monoisotopic (exact) mass is 320 g/mol. The highest BCUT2D eigenvalue weighted by atomic mass is 15.3. The van der Waals surface area contributed by atoms with Crippen LogP contribution in [0.2, 0.25) is 0 Å². The predicted octanol–water partition coefficient (Wildman–Crippen LogP) is 2.90. The summed E-state index contributed by atoms with van der Waals surface area (Å²) in [6.45, 7) is 7.46. The molecule has 0 unspecified atom stereocenters. The van der Waals surface area contributed by atoms with Gasteiger partial charge in [0.2, 0.25) is 0 Å². The fourth-order valence-electron chi connectivity index (χ4n) is 2.86. The third-order valence-corrected chi connectivity index (χ3v) is 4.24. The van der Waals surface area contributed by atoms with Crippen molar-refractivity contribution in [3.8, 4) is 6.07 Å². The Balaban J connectivity index is 1.63. The molecule has 1 aromatic heterocycles. The average Bonchev–Trinajstić information content (AvgIpc) is 3.26. The smallest absolute Gasteiger partial charge is 0.134 e. The lowest BCUT2D eigenvalue weighted by Crippen LogP contribution is -2.36. The fourth-order valence-corrected chi connectivity index (χ4v) is 2.86. The van der Waals surface area contributed by atoms with Gasteiger partial charge in [-0.15, -0.1) is 5.10 Å². The second-order valence-electron chi connectivity index (χ2n) is 5.78. The van der Waals surface area contributed by atoms with E-state index in [1.165, 1.54) is 5.69 Å². The van der Waals surface area contributed by atoms with E-state index in [1.54, 1.807) is 12.4 Å². The SMILES string of the molecule is C=C(C#N)/C=C\C=C(/CC)C1=NN=C(N2CCc3nc[nH]c3C2)C1. The largest absolute Gasteiger partial charge is 0.352 e. The van der Waals surface area contributed by atoms with Crippen LogP contribution in [-0.4, -0.2) is 33.0 Å². The topological polar surface area (TPSA) is 80.4 Å². The zero-order chi connectivity index (χ0) is 16.9. The van der Waals surface area contributed by atoms with Crippen molar-refractivity contribution in [1.29, 1.82) is 5.26 Å². The first-order chi connectivity index (χ1) is 11.7. The summed E-state index contributed by atoms with van der Waals surface area (Å²) in [6.07, 6.45) is 9.85. The Kier molecular flexibility index (Phi) is 4.71. The number of nitrogens with one attached hydrogen (secondary N) is 1. The third-order valence-electron chi connectivity index (χ3n) is 4.24. The molecule has 0 saturated carbocycles. The lowest BCUT2D eigenvalue weighted by Gasteiger charge is -2.27. The lowest BCUT2D eigenvalue weighted by molar-refractivity contribution is 0.383. The maximum Gasteiger partial charge on any atom is 0.134 e. The number of aromatic nitrogens is 2. The van der Waals surface area contributed by atoms with E-state index in [0.717, 1.165) is 55.2 Å². The molecule has 2 aliphatic heterocycles. The third kappa shape index (κ3) is 3.35. The zero-order valence-electron chi connectivity index (χ0n) is 13.8. The summed E-state index contributed by atoms with van der Waals surface area (Å²) in [5, 5.41) is 17.5.